The van der Waals surface area contributed by atoms with Crippen molar-refractivity contribution in [3.63, 3.8) is 0 Å². The molecular formula is C7H8Cl2O2. The summed E-state index contributed by atoms with van der Waals surface area (Å²) in [5.41, 5.74) is 0. The van der Waals surface area contributed by atoms with Crippen molar-refractivity contribution < 1.29 is 9.59 Å². The molecule has 0 saturated heterocycles. The number of rotatable bonds is 4. The van der Waals surface area contributed by atoms with Gasteiger partial charge in [-0.15, -0.1) is 0 Å². The van der Waals surface area contributed by atoms with Gasteiger partial charge in [0.25, 0.3) is 0 Å². The predicted octanol–water partition coefficient (Wildman–Crippen LogP) is 2.10. The van der Waals surface area contributed by atoms with Gasteiger partial charge in [-0.05, 0) is 30.1 Å². The Kier molecular flexibility index (Phi) is 5.16. The summed E-state index contributed by atoms with van der Waals surface area (Å²) in [6.07, 6.45) is 3.18. The fourth-order valence-corrected chi connectivity index (χ4v) is 0.945. The molecule has 0 rings (SSSR count). The second kappa shape index (κ2) is 5.33. The lowest BCUT2D eigenvalue weighted by Crippen LogP contribution is -2.08. The zero-order chi connectivity index (χ0) is 8.85. The van der Waals surface area contributed by atoms with E-state index in [1.807, 2.05) is 0 Å². The molecule has 0 bridgehead atoms. The van der Waals surface area contributed by atoms with Gasteiger partial charge in [0.05, 0.1) is 5.92 Å². The Hall–Kier alpha value is -0.340. The maximum absolute atomic E-state index is 10.6. The van der Waals surface area contributed by atoms with Gasteiger partial charge in [0, 0.05) is 6.42 Å². The molecule has 0 saturated carbocycles. The molecule has 0 aromatic heterocycles. The van der Waals surface area contributed by atoms with Crippen LogP contribution in [0.4, 0.5) is 0 Å². The molecule has 0 heterocycles. The average Bonchev–Trinajstić information content (AvgIpc) is 1.86. The lowest BCUT2D eigenvalue weighted by molar-refractivity contribution is -0.118. The Morgan fingerprint density at radius 2 is 2.00 bits per heavy atom. The van der Waals surface area contributed by atoms with E-state index in [2.05, 4.69) is 0 Å². The molecule has 0 amide bonds. The second-order valence-corrected chi connectivity index (χ2v) is 2.79. The van der Waals surface area contributed by atoms with Gasteiger partial charge in [-0.3, -0.25) is 9.59 Å². The Morgan fingerprint density at radius 3 is 2.27 bits per heavy atom. The smallest absolute Gasteiger partial charge is 0.228 e. The van der Waals surface area contributed by atoms with Crippen molar-refractivity contribution in [1.82, 2.24) is 0 Å². The topological polar surface area (TPSA) is 34.1 Å². The quantitative estimate of drug-likeness (QED) is 0.508. The molecule has 0 aromatic carbocycles. The first-order chi connectivity index (χ1) is 5.07. The van der Waals surface area contributed by atoms with Crippen molar-refractivity contribution in [2.24, 2.45) is 5.92 Å². The predicted molar refractivity (Wildman–Crippen MR) is 44.6 cm³/mol. The monoisotopic (exact) mass is 194 g/mol. The number of carbonyl (C=O) groups is 2. The molecule has 0 aliphatic heterocycles. The normalized spacial score (nSPS) is 13.4. The summed E-state index contributed by atoms with van der Waals surface area (Å²) in [5, 5.41) is -1.11. The molecule has 11 heavy (non-hydrogen) atoms. The fourth-order valence-electron chi connectivity index (χ4n) is 0.629. The van der Waals surface area contributed by atoms with E-state index in [4.69, 9.17) is 23.2 Å². The van der Waals surface area contributed by atoms with Crippen LogP contribution in [0.2, 0.25) is 0 Å². The molecule has 0 fully saturated rings. The van der Waals surface area contributed by atoms with E-state index in [0.29, 0.717) is 0 Å². The van der Waals surface area contributed by atoms with Gasteiger partial charge < -0.3 is 0 Å². The van der Waals surface area contributed by atoms with Gasteiger partial charge in [-0.1, -0.05) is 12.2 Å². The molecule has 1 atom stereocenters. The maximum Gasteiger partial charge on any atom is 0.228 e. The van der Waals surface area contributed by atoms with Crippen LogP contribution in [0.15, 0.2) is 12.2 Å². The third-order valence-corrected chi connectivity index (χ3v) is 1.53. The molecule has 62 valence electrons. The Labute approximate surface area is 75.2 Å². The first-order valence-electron chi connectivity index (χ1n) is 3.08. The number of hydrogen-bond donors (Lipinski definition) is 0. The Bertz CT molecular complexity index is 187. The third kappa shape index (κ3) is 4.99. The first kappa shape index (κ1) is 10.7. The first-order valence-corrected chi connectivity index (χ1v) is 3.84. The minimum Gasteiger partial charge on any atom is -0.281 e. The van der Waals surface area contributed by atoms with E-state index in [-0.39, 0.29) is 6.42 Å². The second-order valence-electron chi connectivity index (χ2n) is 2.00. The molecule has 0 spiro atoms. The van der Waals surface area contributed by atoms with E-state index in [9.17, 15) is 9.59 Å². The van der Waals surface area contributed by atoms with Crippen molar-refractivity contribution in [3.05, 3.63) is 12.2 Å². The van der Waals surface area contributed by atoms with Crippen molar-refractivity contribution in [3.8, 4) is 0 Å². The summed E-state index contributed by atoms with van der Waals surface area (Å²) >= 11 is 10.2. The maximum atomic E-state index is 10.6. The van der Waals surface area contributed by atoms with E-state index in [0.717, 1.165) is 0 Å². The van der Waals surface area contributed by atoms with Crippen LogP contribution in [-0.4, -0.2) is 10.5 Å². The van der Waals surface area contributed by atoms with E-state index < -0.39 is 16.4 Å². The largest absolute Gasteiger partial charge is 0.281 e. The molecule has 0 aliphatic carbocycles. The molecule has 0 aliphatic rings. The highest BCUT2D eigenvalue weighted by Crippen LogP contribution is 2.11. The molecule has 2 nitrogen and oxygen atoms in total. The van der Waals surface area contributed by atoms with Gasteiger partial charge in [-0.2, -0.15) is 0 Å². The number of allylic oxidation sites excluding steroid dienone is 2. The molecule has 1 unspecified atom stereocenters. The summed E-state index contributed by atoms with van der Waals surface area (Å²) in [5.74, 6) is -0.577. The Morgan fingerprint density at radius 1 is 1.45 bits per heavy atom. The van der Waals surface area contributed by atoms with Gasteiger partial charge >= 0.3 is 0 Å². The van der Waals surface area contributed by atoms with Crippen LogP contribution >= 0.6 is 23.2 Å². The third-order valence-electron chi connectivity index (χ3n) is 1.10. The molecule has 0 N–H and O–H groups in total. The van der Waals surface area contributed by atoms with E-state index >= 15 is 0 Å². The lowest BCUT2D eigenvalue weighted by Gasteiger charge is -2.01. The Balaban J connectivity index is 4.11. The van der Waals surface area contributed by atoms with Crippen LogP contribution in [0.1, 0.15) is 13.3 Å². The fraction of sp³-hybridized carbons (Fsp3) is 0.429. The minimum atomic E-state index is -0.577. The summed E-state index contributed by atoms with van der Waals surface area (Å²) in [4.78, 5) is 20.9. The van der Waals surface area contributed by atoms with Gasteiger partial charge in [-0.25, -0.2) is 0 Å². The van der Waals surface area contributed by atoms with Crippen molar-refractivity contribution in [2.75, 3.05) is 0 Å². The standard InChI is InChI=1S/C7H8Cl2O2/c1-2-3-5(7(9)11)4-6(8)10/h2-3,5H,4H2,1H3/b3-2-. The zero-order valence-electron chi connectivity index (χ0n) is 6.01. The highest BCUT2D eigenvalue weighted by molar-refractivity contribution is 6.66. The van der Waals surface area contributed by atoms with Crippen molar-refractivity contribution in [2.45, 2.75) is 13.3 Å². The number of halogens is 2. The lowest BCUT2D eigenvalue weighted by atomic mass is 10.1. The highest BCUT2D eigenvalue weighted by atomic mass is 35.5. The van der Waals surface area contributed by atoms with Crippen LogP contribution in [0.5, 0.6) is 0 Å². The van der Waals surface area contributed by atoms with Gasteiger partial charge in [0.2, 0.25) is 10.5 Å². The molecular weight excluding hydrogens is 187 g/mol. The van der Waals surface area contributed by atoms with Crippen LogP contribution in [-0.2, 0) is 9.59 Å². The van der Waals surface area contributed by atoms with Crippen LogP contribution in [0.3, 0.4) is 0 Å². The summed E-state index contributed by atoms with van der Waals surface area (Å²) in [6.45, 7) is 1.74. The summed E-state index contributed by atoms with van der Waals surface area (Å²) < 4.78 is 0. The molecule has 0 aromatic rings. The van der Waals surface area contributed by atoms with E-state index in [1.54, 1.807) is 19.1 Å². The van der Waals surface area contributed by atoms with Crippen LogP contribution in [0.25, 0.3) is 0 Å². The van der Waals surface area contributed by atoms with Crippen molar-refractivity contribution in [1.29, 1.82) is 0 Å². The number of carbonyl (C=O) groups excluding carboxylic acids is 2. The van der Waals surface area contributed by atoms with E-state index in [1.165, 1.54) is 0 Å². The highest BCUT2D eigenvalue weighted by Gasteiger charge is 2.15. The number of hydrogen-bond acceptors (Lipinski definition) is 2. The zero-order valence-corrected chi connectivity index (χ0v) is 7.52. The average molecular weight is 195 g/mol. The van der Waals surface area contributed by atoms with Gasteiger partial charge in [0.15, 0.2) is 0 Å². The molecule has 0 radical (unpaired) electrons. The molecule has 4 heteroatoms. The van der Waals surface area contributed by atoms with Gasteiger partial charge in [0.1, 0.15) is 0 Å². The summed E-state index contributed by atoms with van der Waals surface area (Å²) in [7, 11) is 0. The SMILES string of the molecule is C/C=C\C(CC(=O)Cl)C(=O)Cl. The van der Waals surface area contributed by atoms with Crippen LogP contribution in [0, 0.1) is 5.92 Å². The summed E-state index contributed by atoms with van der Waals surface area (Å²) in [6, 6.07) is 0. The van der Waals surface area contributed by atoms with Crippen LogP contribution < -0.4 is 0 Å². The minimum absolute atomic E-state index is 0.0335. The van der Waals surface area contributed by atoms with Crippen molar-refractivity contribution >= 4 is 33.7 Å².